The molecule has 0 saturated carbocycles. The molecule has 12 heavy (non-hydrogen) atoms. The smallest absolute Gasteiger partial charge is 0.172 e. The molecule has 2 heterocycles. The topological polar surface area (TPSA) is 56.2 Å². The molecule has 4 nitrogen and oxygen atoms in total. The van der Waals surface area contributed by atoms with Gasteiger partial charge in [-0.25, -0.2) is 9.97 Å². The van der Waals surface area contributed by atoms with E-state index in [1.807, 2.05) is 6.92 Å². The van der Waals surface area contributed by atoms with E-state index >= 15 is 0 Å². The van der Waals surface area contributed by atoms with Crippen LogP contribution in [-0.4, -0.2) is 14.4 Å². The molecule has 0 aliphatic rings. The summed E-state index contributed by atoms with van der Waals surface area (Å²) in [6.45, 7) is 1.87. The van der Waals surface area contributed by atoms with Gasteiger partial charge in [0.25, 0.3) is 0 Å². The molecule has 0 atom stereocenters. The van der Waals surface area contributed by atoms with E-state index < -0.39 is 0 Å². The fourth-order valence-electron chi connectivity index (χ4n) is 1.08. The lowest BCUT2D eigenvalue weighted by molar-refractivity contribution is 1.11. The highest BCUT2D eigenvalue weighted by molar-refractivity contribution is 9.10. The predicted octanol–water partition coefficient (Wildman–Crippen LogP) is 1.38. The summed E-state index contributed by atoms with van der Waals surface area (Å²) in [5.74, 6) is 0.660. The van der Waals surface area contributed by atoms with Crippen molar-refractivity contribution in [3.05, 3.63) is 22.7 Å². The van der Waals surface area contributed by atoms with Gasteiger partial charge in [0.2, 0.25) is 0 Å². The Balaban J connectivity index is 2.95. The lowest BCUT2D eigenvalue weighted by Crippen LogP contribution is -1.94. The average molecular weight is 227 g/mol. The number of aromatic nitrogens is 3. The Morgan fingerprint density at radius 3 is 3.00 bits per heavy atom. The molecule has 2 rings (SSSR count). The van der Waals surface area contributed by atoms with Crippen LogP contribution in [0.3, 0.4) is 0 Å². The Morgan fingerprint density at radius 2 is 2.33 bits per heavy atom. The zero-order valence-electron chi connectivity index (χ0n) is 6.45. The van der Waals surface area contributed by atoms with E-state index in [9.17, 15) is 0 Å². The van der Waals surface area contributed by atoms with Gasteiger partial charge < -0.3 is 5.73 Å². The molecule has 0 amide bonds. The van der Waals surface area contributed by atoms with Crippen LogP contribution >= 0.6 is 15.9 Å². The summed E-state index contributed by atoms with van der Waals surface area (Å²) in [6.07, 6.45) is 3.46. The molecular formula is C7H7BrN4. The number of halogens is 1. The highest BCUT2D eigenvalue weighted by Crippen LogP contribution is 2.18. The van der Waals surface area contributed by atoms with Crippen molar-refractivity contribution >= 4 is 27.4 Å². The fourth-order valence-corrected chi connectivity index (χ4v) is 1.48. The van der Waals surface area contributed by atoms with Gasteiger partial charge in [-0.1, -0.05) is 0 Å². The predicted molar refractivity (Wildman–Crippen MR) is 49.8 cm³/mol. The maximum Gasteiger partial charge on any atom is 0.172 e. The minimum atomic E-state index is 0.660. The molecule has 0 fully saturated rings. The first kappa shape index (κ1) is 7.54. The van der Waals surface area contributed by atoms with E-state index in [-0.39, 0.29) is 0 Å². The van der Waals surface area contributed by atoms with Gasteiger partial charge in [0.05, 0.1) is 5.69 Å². The molecule has 2 aromatic rings. The monoisotopic (exact) mass is 226 g/mol. The fraction of sp³-hybridized carbons (Fsp3) is 0.143. The summed E-state index contributed by atoms with van der Waals surface area (Å²) >= 11 is 3.29. The van der Waals surface area contributed by atoms with Crippen molar-refractivity contribution in [2.75, 3.05) is 5.73 Å². The number of hydrogen-bond donors (Lipinski definition) is 1. The van der Waals surface area contributed by atoms with Gasteiger partial charge in [0, 0.05) is 12.4 Å². The normalized spacial score (nSPS) is 10.8. The Bertz CT molecular complexity index is 434. The number of aryl methyl sites for hydroxylation is 1. The summed E-state index contributed by atoms with van der Waals surface area (Å²) in [7, 11) is 0. The van der Waals surface area contributed by atoms with Gasteiger partial charge >= 0.3 is 0 Å². The number of nitrogen functional groups attached to an aromatic ring is 1. The maximum absolute atomic E-state index is 5.76. The van der Waals surface area contributed by atoms with Gasteiger partial charge in [-0.05, 0) is 22.9 Å². The zero-order valence-corrected chi connectivity index (χ0v) is 8.04. The van der Waals surface area contributed by atoms with Gasteiger partial charge in [-0.2, -0.15) is 0 Å². The van der Waals surface area contributed by atoms with Crippen molar-refractivity contribution in [1.82, 2.24) is 14.4 Å². The minimum Gasteiger partial charge on any atom is -0.383 e. The lowest BCUT2D eigenvalue weighted by Gasteiger charge is -1.95. The van der Waals surface area contributed by atoms with Crippen LogP contribution in [-0.2, 0) is 0 Å². The van der Waals surface area contributed by atoms with Crippen LogP contribution < -0.4 is 5.73 Å². The van der Waals surface area contributed by atoms with Crippen molar-refractivity contribution < 1.29 is 0 Å². The highest BCUT2D eigenvalue weighted by atomic mass is 79.9. The third-order valence-electron chi connectivity index (χ3n) is 1.72. The molecular weight excluding hydrogens is 220 g/mol. The van der Waals surface area contributed by atoms with Crippen LogP contribution in [0.15, 0.2) is 17.0 Å². The number of nitrogens with two attached hydrogens (primary N) is 1. The van der Waals surface area contributed by atoms with Crippen LogP contribution in [0.2, 0.25) is 0 Å². The van der Waals surface area contributed by atoms with Gasteiger partial charge in [0.15, 0.2) is 5.65 Å². The first-order valence-electron chi connectivity index (χ1n) is 3.45. The molecule has 0 saturated heterocycles. The first-order valence-corrected chi connectivity index (χ1v) is 4.24. The molecule has 0 radical (unpaired) electrons. The largest absolute Gasteiger partial charge is 0.383 e. The summed E-state index contributed by atoms with van der Waals surface area (Å²) < 4.78 is 2.51. The Labute approximate surface area is 77.6 Å². The number of fused-ring (bicyclic) bond motifs is 1. The van der Waals surface area contributed by atoms with E-state index in [0.717, 1.165) is 11.3 Å². The molecule has 2 N–H and O–H groups in total. The number of anilines is 1. The number of rotatable bonds is 0. The van der Waals surface area contributed by atoms with E-state index in [2.05, 4.69) is 25.9 Å². The Kier molecular flexibility index (Phi) is 1.54. The van der Waals surface area contributed by atoms with E-state index in [0.29, 0.717) is 10.4 Å². The molecule has 0 aliphatic carbocycles. The molecule has 0 aromatic carbocycles. The van der Waals surface area contributed by atoms with Gasteiger partial charge in [-0.15, -0.1) is 0 Å². The summed E-state index contributed by atoms with van der Waals surface area (Å²) in [6, 6.07) is 0. The second kappa shape index (κ2) is 2.45. The number of hydrogen-bond acceptors (Lipinski definition) is 3. The summed E-state index contributed by atoms with van der Waals surface area (Å²) in [5, 5.41) is 0. The van der Waals surface area contributed by atoms with Crippen molar-refractivity contribution in [2.45, 2.75) is 6.92 Å². The van der Waals surface area contributed by atoms with Gasteiger partial charge in [0.1, 0.15) is 10.4 Å². The maximum atomic E-state index is 5.76. The average Bonchev–Trinajstić information content (AvgIpc) is 2.32. The van der Waals surface area contributed by atoms with Crippen LogP contribution in [0.1, 0.15) is 5.69 Å². The molecule has 0 aliphatic heterocycles. The highest BCUT2D eigenvalue weighted by Gasteiger charge is 2.07. The third kappa shape index (κ3) is 0.896. The Hall–Kier alpha value is -1.10. The van der Waals surface area contributed by atoms with E-state index in [4.69, 9.17) is 5.73 Å². The summed E-state index contributed by atoms with van der Waals surface area (Å²) in [4.78, 5) is 8.28. The molecule has 0 spiro atoms. The van der Waals surface area contributed by atoms with Gasteiger partial charge in [-0.3, -0.25) is 4.40 Å². The van der Waals surface area contributed by atoms with Crippen molar-refractivity contribution in [1.29, 1.82) is 0 Å². The SMILES string of the molecule is Cc1nc2c(Br)nccn2c1N. The van der Waals surface area contributed by atoms with Crippen LogP contribution in [0.4, 0.5) is 5.82 Å². The molecule has 5 heteroatoms. The molecule has 0 bridgehead atoms. The third-order valence-corrected chi connectivity index (χ3v) is 2.28. The number of nitrogens with zero attached hydrogens (tertiary/aromatic N) is 3. The lowest BCUT2D eigenvalue weighted by atomic mass is 10.5. The standard InChI is InChI=1S/C7H7BrN4/c1-4-6(9)12-3-2-10-5(8)7(12)11-4/h2-3H,9H2,1H3. The van der Waals surface area contributed by atoms with Crippen molar-refractivity contribution in [3.63, 3.8) is 0 Å². The number of imidazole rings is 1. The summed E-state index contributed by atoms with van der Waals surface area (Å²) in [5.41, 5.74) is 7.34. The zero-order chi connectivity index (χ0) is 8.72. The van der Waals surface area contributed by atoms with Crippen molar-refractivity contribution in [2.24, 2.45) is 0 Å². The molecule has 2 aromatic heterocycles. The second-order valence-corrected chi connectivity index (χ2v) is 3.25. The van der Waals surface area contributed by atoms with Crippen molar-refractivity contribution in [3.8, 4) is 0 Å². The molecule has 62 valence electrons. The minimum absolute atomic E-state index is 0.660. The van der Waals surface area contributed by atoms with Crippen LogP contribution in [0, 0.1) is 6.92 Å². The second-order valence-electron chi connectivity index (χ2n) is 2.49. The quantitative estimate of drug-likeness (QED) is 0.739. The van der Waals surface area contributed by atoms with Crippen LogP contribution in [0.25, 0.3) is 5.65 Å². The van der Waals surface area contributed by atoms with E-state index in [1.54, 1.807) is 16.8 Å². The van der Waals surface area contributed by atoms with E-state index in [1.165, 1.54) is 0 Å². The molecule has 0 unspecified atom stereocenters. The van der Waals surface area contributed by atoms with Crippen LogP contribution in [0.5, 0.6) is 0 Å². The Morgan fingerprint density at radius 1 is 1.58 bits per heavy atom. The first-order chi connectivity index (χ1) is 5.70.